The van der Waals surface area contributed by atoms with Crippen LogP contribution in [-0.4, -0.2) is 9.78 Å². The van der Waals surface area contributed by atoms with Gasteiger partial charge in [-0.25, -0.2) is 0 Å². The third kappa shape index (κ3) is 2.54. The maximum absolute atomic E-state index is 6.35. The zero-order valence-corrected chi connectivity index (χ0v) is 13.2. The minimum absolute atomic E-state index is 0.135. The number of halogens is 1. The summed E-state index contributed by atoms with van der Waals surface area (Å²) < 4.78 is 7.80. The number of benzene rings is 1. The van der Waals surface area contributed by atoms with Crippen LogP contribution in [-0.2, 0) is 26.5 Å². The number of aryl methyl sites for hydroxylation is 2. The minimum Gasteiger partial charge on any atom is -0.487 e. The van der Waals surface area contributed by atoms with Gasteiger partial charge >= 0.3 is 0 Å². The number of nitrogens with two attached hydrogens (primary N) is 1. The predicted octanol–water partition coefficient (Wildman–Crippen LogP) is 3.16. The first kappa shape index (κ1) is 14.4. The van der Waals surface area contributed by atoms with E-state index in [1.807, 2.05) is 26.1 Å². The number of fused-ring (bicyclic) bond motifs is 1. The van der Waals surface area contributed by atoms with Crippen LogP contribution in [0.15, 0.2) is 18.2 Å². The van der Waals surface area contributed by atoms with Crippen molar-refractivity contribution < 1.29 is 4.74 Å². The van der Waals surface area contributed by atoms with Gasteiger partial charge in [0.05, 0.1) is 16.4 Å². The molecule has 0 aliphatic heterocycles. The molecule has 1 unspecified atom stereocenters. The standard InChI is InChI=1S/C16H20ClN3O/c1-3-13-16(17)14(20(2)19-13)9-21-15-6-4-5-10-11(15)7-8-12(10)18/h4-6,12H,3,7-9,18H2,1-2H3. The van der Waals surface area contributed by atoms with E-state index in [2.05, 4.69) is 11.2 Å². The molecule has 3 rings (SSSR count). The fourth-order valence-electron chi connectivity index (χ4n) is 2.91. The molecule has 1 aliphatic carbocycles. The van der Waals surface area contributed by atoms with Crippen LogP contribution >= 0.6 is 11.6 Å². The van der Waals surface area contributed by atoms with Gasteiger partial charge in [-0.3, -0.25) is 4.68 Å². The molecule has 112 valence electrons. The van der Waals surface area contributed by atoms with Crippen molar-refractivity contribution in [3.05, 3.63) is 45.7 Å². The summed E-state index contributed by atoms with van der Waals surface area (Å²) in [5.41, 5.74) is 10.4. The number of aromatic nitrogens is 2. The Morgan fingerprint density at radius 1 is 1.48 bits per heavy atom. The highest BCUT2D eigenvalue weighted by Crippen LogP contribution is 2.36. The normalized spacial score (nSPS) is 17.0. The van der Waals surface area contributed by atoms with Gasteiger partial charge in [0.15, 0.2) is 0 Å². The summed E-state index contributed by atoms with van der Waals surface area (Å²) in [4.78, 5) is 0. The zero-order valence-electron chi connectivity index (χ0n) is 12.4. The van der Waals surface area contributed by atoms with Gasteiger partial charge in [-0.05, 0) is 36.5 Å². The Balaban J connectivity index is 1.82. The topological polar surface area (TPSA) is 53.1 Å². The summed E-state index contributed by atoms with van der Waals surface area (Å²) >= 11 is 6.35. The molecule has 21 heavy (non-hydrogen) atoms. The molecule has 1 aromatic carbocycles. The van der Waals surface area contributed by atoms with Gasteiger partial charge in [-0.1, -0.05) is 30.7 Å². The second-order valence-corrected chi connectivity index (χ2v) is 5.82. The maximum atomic E-state index is 6.35. The predicted molar refractivity (Wildman–Crippen MR) is 83.6 cm³/mol. The van der Waals surface area contributed by atoms with Gasteiger partial charge in [0, 0.05) is 13.1 Å². The van der Waals surface area contributed by atoms with Crippen LogP contribution < -0.4 is 10.5 Å². The third-order valence-electron chi connectivity index (χ3n) is 4.14. The van der Waals surface area contributed by atoms with E-state index in [0.717, 1.165) is 36.4 Å². The molecular formula is C16H20ClN3O. The average Bonchev–Trinajstić information content (AvgIpc) is 2.99. The first-order chi connectivity index (χ1) is 10.1. The van der Waals surface area contributed by atoms with Crippen molar-refractivity contribution in [2.24, 2.45) is 12.8 Å². The van der Waals surface area contributed by atoms with E-state index in [0.29, 0.717) is 11.6 Å². The van der Waals surface area contributed by atoms with Crippen LogP contribution in [0.1, 0.15) is 41.9 Å². The lowest BCUT2D eigenvalue weighted by Gasteiger charge is -2.12. The van der Waals surface area contributed by atoms with Crippen LogP contribution in [0.5, 0.6) is 5.75 Å². The van der Waals surface area contributed by atoms with E-state index >= 15 is 0 Å². The van der Waals surface area contributed by atoms with E-state index in [9.17, 15) is 0 Å². The van der Waals surface area contributed by atoms with Gasteiger partial charge in [0.1, 0.15) is 12.4 Å². The lowest BCUT2D eigenvalue weighted by atomic mass is 10.1. The largest absolute Gasteiger partial charge is 0.487 e. The molecule has 0 saturated carbocycles. The molecule has 0 fully saturated rings. The van der Waals surface area contributed by atoms with E-state index in [-0.39, 0.29) is 6.04 Å². The molecule has 4 nitrogen and oxygen atoms in total. The maximum Gasteiger partial charge on any atom is 0.131 e. The lowest BCUT2D eigenvalue weighted by Crippen LogP contribution is -2.06. The van der Waals surface area contributed by atoms with Crippen molar-refractivity contribution in [1.82, 2.24) is 9.78 Å². The number of ether oxygens (including phenoxy) is 1. The SMILES string of the molecule is CCc1nn(C)c(COc2cccc3c2CCC3N)c1Cl. The van der Waals surface area contributed by atoms with Gasteiger partial charge in [0.2, 0.25) is 0 Å². The first-order valence-electron chi connectivity index (χ1n) is 7.32. The monoisotopic (exact) mass is 305 g/mol. The van der Waals surface area contributed by atoms with Crippen molar-refractivity contribution in [1.29, 1.82) is 0 Å². The summed E-state index contributed by atoms with van der Waals surface area (Å²) in [6, 6.07) is 6.23. The molecule has 1 heterocycles. The Kier molecular flexibility index (Phi) is 3.91. The van der Waals surface area contributed by atoms with Crippen molar-refractivity contribution in [2.75, 3.05) is 0 Å². The Morgan fingerprint density at radius 2 is 2.29 bits per heavy atom. The Morgan fingerprint density at radius 3 is 3.00 bits per heavy atom. The fourth-order valence-corrected chi connectivity index (χ4v) is 3.26. The number of hydrogen-bond acceptors (Lipinski definition) is 3. The van der Waals surface area contributed by atoms with Crippen molar-refractivity contribution >= 4 is 11.6 Å². The van der Waals surface area contributed by atoms with Crippen molar-refractivity contribution in [2.45, 2.75) is 38.8 Å². The highest BCUT2D eigenvalue weighted by molar-refractivity contribution is 6.31. The molecule has 1 aliphatic rings. The second kappa shape index (κ2) is 5.70. The molecule has 0 spiro atoms. The minimum atomic E-state index is 0.135. The first-order valence-corrected chi connectivity index (χ1v) is 7.70. The highest BCUT2D eigenvalue weighted by atomic mass is 35.5. The second-order valence-electron chi connectivity index (χ2n) is 5.44. The molecule has 2 aromatic rings. The molecule has 2 N–H and O–H groups in total. The van der Waals surface area contributed by atoms with Crippen LogP contribution in [0.3, 0.4) is 0 Å². The van der Waals surface area contributed by atoms with Crippen LogP contribution in [0.4, 0.5) is 0 Å². The van der Waals surface area contributed by atoms with E-state index < -0.39 is 0 Å². The van der Waals surface area contributed by atoms with E-state index in [1.165, 1.54) is 11.1 Å². The highest BCUT2D eigenvalue weighted by Gasteiger charge is 2.22. The molecule has 0 amide bonds. The quantitative estimate of drug-likeness (QED) is 0.944. The summed E-state index contributed by atoms with van der Waals surface area (Å²) in [7, 11) is 1.90. The van der Waals surface area contributed by atoms with Gasteiger partial charge in [-0.2, -0.15) is 5.10 Å². The van der Waals surface area contributed by atoms with Gasteiger partial charge in [0.25, 0.3) is 0 Å². The molecule has 5 heteroatoms. The molecule has 0 saturated heterocycles. The third-order valence-corrected chi connectivity index (χ3v) is 4.58. The number of nitrogens with zero attached hydrogens (tertiary/aromatic N) is 2. The van der Waals surface area contributed by atoms with E-state index in [1.54, 1.807) is 4.68 Å². The average molecular weight is 306 g/mol. The summed E-state index contributed by atoms with van der Waals surface area (Å²) in [6.07, 6.45) is 2.79. The van der Waals surface area contributed by atoms with Gasteiger partial charge in [-0.15, -0.1) is 0 Å². The number of hydrogen-bond donors (Lipinski definition) is 1. The van der Waals surface area contributed by atoms with Crippen LogP contribution in [0.25, 0.3) is 0 Å². The Bertz CT molecular complexity index is 666. The molecule has 0 bridgehead atoms. The zero-order chi connectivity index (χ0) is 15.0. The molecule has 1 aromatic heterocycles. The summed E-state index contributed by atoms with van der Waals surface area (Å²) in [5.74, 6) is 0.913. The number of rotatable bonds is 4. The smallest absolute Gasteiger partial charge is 0.131 e. The Hall–Kier alpha value is -1.52. The molecule has 1 atom stereocenters. The van der Waals surface area contributed by atoms with Crippen LogP contribution in [0, 0.1) is 0 Å². The van der Waals surface area contributed by atoms with Gasteiger partial charge < -0.3 is 10.5 Å². The fraction of sp³-hybridized carbons (Fsp3) is 0.438. The van der Waals surface area contributed by atoms with Crippen molar-refractivity contribution in [3.8, 4) is 5.75 Å². The molecular weight excluding hydrogens is 286 g/mol. The van der Waals surface area contributed by atoms with Crippen molar-refractivity contribution in [3.63, 3.8) is 0 Å². The van der Waals surface area contributed by atoms with Crippen LogP contribution in [0.2, 0.25) is 5.02 Å². The Labute approximate surface area is 129 Å². The summed E-state index contributed by atoms with van der Waals surface area (Å²) in [6.45, 7) is 2.47. The molecule has 0 radical (unpaired) electrons. The van der Waals surface area contributed by atoms with E-state index in [4.69, 9.17) is 22.1 Å². The lowest BCUT2D eigenvalue weighted by molar-refractivity contribution is 0.292. The summed E-state index contributed by atoms with van der Waals surface area (Å²) in [5, 5.41) is 5.12.